The van der Waals surface area contributed by atoms with Crippen LogP contribution in [-0.2, 0) is 19.0 Å². The highest BCUT2D eigenvalue weighted by atomic mass is 32.2. The summed E-state index contributed by atoms with van der Waals surface area (Å²) < 4.78 is 43.0. The molecule has 26 heavy (non-hydrogen) atoms. The number of ether oxygens (including phenoxy) is 2. The van der Waals surface area contributed by atoms with Crippen LogP contribution in [0.15, 0.2) is 40.2 Å². The molecular formula is C17H18N2O6S. The SMILES string of the molecule is Cc1ccc(S(=O)(=O)OC[C@H]2O[C@@H]3C[C@H]2Oc2nc(=O)c(C)cn23)cc1. The molecule has 1 fully saturated rings. The average molecular weight is 378 g/mol. The summed E-state index contributed by atoms with van der Waals surface area (Å²) in [5.41, 5.74) is 1.09. The lowest BCUT2D eigenvalue weighted by Crippen LogP contribution is -2.34. The number of aromatic nitrogens is 2. The van der Waals surface area contributed by atoms with Gasteiger partial charge in [0.25, 0.3) is 15.7 Å². The zero-order valence-electron chi connectivity index (χ0n) is 14.3. The van der Waals surface area contributed by atoms with Gasteiger partial charge in [-0.1, -0.05) is 17.7 Å². The smallest absolute Gasteiger partial charge is 0.302 e. The third-order valence-corrected chi connectivity index (χ3v) is 5.83. The van der Waals surface area contributed by atoms with Gasteiger partial charge >= 0.3 is 6.01 Å². The molecular weight excluding hydrogens is 360 g/mol. The van der Waals surface area contributed by atoms with Crippen LogP contribution in [0.25, 0.3) is 0 Å². The molecule has 2 aromatic rings. The second-order valence-corrected chi connectivity index (χ2v) is 8.11. The highest BCUT2D eigenvalue weighted by Crippen LogP contribution is 2.38. The van der Waals surface area contributed by atoms with Crippen LogP contribution in [0.3, 0.4) is 0 Å². The average Bonchev–Trinajstić information content (AvgIpc) is 2.93. The number of hydrogen-bond acceptors (Lipinski definition) is 7. The first kappa shape index (κ1) is 17.2. The standard InChI is InChI=1S/C17H18N2O6S/c1-10-3-5-12(6-4-10)26(21,22)23-9-14-13-7-15(24-14)19-8-11(2)16(20)18-17(19)25-13/h3-6,8,13-15H,7,9H2,1-2H3/t13-,14-,15-/m1/s1. The molecule has 0 unspecified atom stereocenters. The zero-order valence-corrected chi connectivity index (χ0v) is 15.1. The van der Waals surface area contributed by atoms with Gasteiger partial charge in [-0.2, -0.15) is 13.4 Å². The van der Waals surface area contributed by atoms with Gasteiger partial charge in [-0.3, -0.25) is 13.5 Å². The molecule has 0 N–H and O–H groups in total. The van der Waals surface area contributed by atoms with Crippen molar-refractivity contribution in [2.75, 3.05) is 6.61 Å². The van der Waals surface area contributed by atoms with Crippen LogP contribution in [-0.4, -0.2) is 36.8 Å². The summed E-state index contributed by atoms with van der Waals surface area (Å²) in [6, 6.07) is 6.61. The first-order chi connectivity index (χ1) is 12.3. The summed E-state index contributed by atoms with van der Waals surface area (Å²) in [7, 11) is -3.88. The number of hydrogen-bond donors (Lipinski definition) is 0. The van der Waals surface area contributed by atoms with Crippen molar-refractivity contribution >= 4 is 10.1 Å². The minimum absolute atomic E-state index is 0.0935. The molecule has 4 rings (SSSR count). The fraction of sp³-hybridized carbons (Fsp3) is 0.412. The van der Waals surface area contributed by atoms with Crippen molar-refractivity contribution in [3.05, 3.63) is 51.9 Å². The van der Waals surface area contributed by atoms with E-state index in [1.54, 1.807) is 29.8 Å². The summed E-state index contributed by atoms with van der Waals surface area (Å²) in [5.74, 6) is 0. The molecule has 0 aliphatic carbocycles. The molecule has 1 aromatic carbocycles. The molecule has 138 valence electrons. The van der Waals surface area contributed by atoms with E-state index in [9.17, 15) is 13.2 Å². The molecule has 2 aliphatic rings. The lowest BCUT2D eigenvalue weighted by molar-refractivity contribution is -0.0183. The van der Waals surface area contributed by atoms with Crippen LogP contribution >= 0.6 is 0 Å². The molecule has 1 saturated heterocycles. The van der Waals surface area contributed by atoms with Gasteiger partial charge in [0.05, 0.1) is 11.5 Å². The van der Waals surface area contributed by atoms with Gasteiger partial charge in [0.2, 0.25) is 0 Å². The summed E-state index contributed by atoms with van der Waals surface area (Å²) in [6.45, 7) is 3.37. The highest BCUT2D eigenvalue weighted by molar-refractivity contribution is 7.86. The van der Waals surface area contributed by atoms with Gasteiger partial charge in [0.1, 0.15) is 18.4 Å². The molecule has 2 bridgehead atoms. The molecule has 9 heteroatoms. The molecule has 3 atom stereocenters. The van der Waals surface area contributed by atoms with Crippen LogP contribution in [0.5, 0.6) is 6.01 Å². The molecule has 3 heterocycles. The van der Waals surface area contributed by atoms with Gasteiger partial charge in [0.15, 0.2) is 0 Å². The lowest BCUT2D eigenvalue weighted by atomic mass is 10.1. The van der Waals surface area contributed by atoms with Crippen LogP contribution in [0.1, 0.15) is 23.8 Å². The summed E-state index contributed by atoms with van der Waals surface area (Å²) >= 11 is 0. The van der Waals surface area contributed by atoms with Crippen molar-refractivity contribution < 1.29 is 22.1 Å². The number of aryl methyl sites for hydroxylation is 2. The number of nitrogens with zero attached hydrogens (tertiary/aromatic N) is 2. The summed E-state index contributed by atoms with van der Waals surface area (Å²) in [5, 5.41) is 0. The van der Waals surface area contributed by atoms with Gasteiger partial charge in [-0.25, -0.2) is 0 Å². The predicted molar refractivity (Wildman–Crippen MR) is 90.5 cm³/mol. The Morgan fingerprint density at radius 2 is 2.00 bits per heavy atom. The summed E-state index contributed by atoms with van der Waals surface area (Å²) in [4.78, 5) is 15.7. The first-order valence-electron chi connectivity index (χ1n) is 8.21. The molecule has 8 nitrogen and oxygen atoms in total. The zero-order chi connectivity index (χ0) is 18.5. The fourth-order valence-electron chi connectivity index (χ4n) is 3.06. The first-order valence-corrected chi connectivity index (χ1v) is 9.62. The molecule has 2 aliphatic heterocycles. The van der Waals surface area contributed by atoms with E-state index < -0.39 is 22.3 Å². The minimum Gasteiger partial charge on any atom is -0.458 e. The largest absolute Gasteiger partial charge is 0.458 e. The van der Waals surface area contributed by atoms with Crippen LogP contribution in [0.4, 0.5) is 0 Å². The topological polar surface area (TPSA) is 96.7 Å². The number of benzene rings is 1. The molecule has 0 saturated carbocycles. The Balaban J connectivity index is 1.48. The van der Waals surface area contributed by atoms with E-state index in [0.717, 1.165) is 5.56 Å². The van der Waals surface area contributed by atoms with Crippen LogP contribution in [0, 0.1) is 13.8 Å². The van der Waals surface area contributed by atoms with Crippen molar-refractivity contribution in [3.63, 3.8) is 0 Å². The van der Waals surface area contributed by atoms with E-state index in [1.807, 2.05) is 6.92 Å². The van der Waals surface area contributed by atoms with Gasteiger partial charge < -0.3 is 9.47 Å². The minimum atomic E-state index is -3.88. The van der Waals surface area contributed by atoms with Gasteiger partial charge in [-0.05, 0) is 26.0 Å². The van der Waals surface area contributed by atoms with E-state index in [4.69, 9.17) is 13.7 Å². The second-order valence-electron chi connectivity index (χ2n) is 6.49. The Labute approximate surface area is 150 Å². The molecule has 1 aromatic heterocycles. The van der Waals surface area contributed by atoms with Crippen molar-refractivity contribution in [3.8, 4) is 6.01 Å². The maximum absolute atomic E-state index is 12.3. The Hall–Kier alpha value is -2.23. The molecule has 0 radical (unpaired) electrons. The van der Waals surface area contributed by atoms with E-state index in [2.05, 4.69) is 4.98 Å². The highest BCUT2D eigenvalue weighted by Gasteiger charge is 2.44. The maximum Gasteiger partial charge on any atom is 0.302 e. The lowest BCUT2D eigenvalue weighted by Gasteiger charge is -2.23. The Morgan fingerprint density at radius 3 is 2.73 bits per heavy atom. The number of fused-ring (bicyclic) bond motifs is 4. The van der Waals surface area contributed by atoms with Crippen molar-refractivity contribution in [2.24, 2.45) is 0 Å². The van der Waals surface area contributed by atoms with E-state index >= 15 is 0 Å². The van der Waals surface area contributed by atoms with Gasteiger partial charge in [0, 0.05) is 18.2 Å². The molecule has 0 amide bonds. The predicted octanol–water partition coefficient (Wildman–Crippen LogP) is 1.31. The maximum atomic E-state index is 12.3. The van der Waals surface area contributed by atoms with Crippen LogP contribution < -0.4 is 10.3 Å². The second kappa shape index (κ2) is 6.19. The summed E-state index contributed by atoms with van der Waals surface area (Å²) in [6.07, 6.45) is 0.833. The normalized spacial score (nSPS) is 24.2. The monoisotopic (exact) mass is 378 g/mol. The van der Waals surface area contributed by atoms with Crippen molar-refractivity contribution in [1.82, 2.24) is 9.55 Å². The van der Waals surface area contributed by atoms with Gasteiger partial charge in [-0.15, -0.1) is 0 Å². The van der Waals surface area contributed by atoms with Crippen molar-refractivity contribution in [2.45, 2.75) is 43.6 Å². The van der Waals surface area contributed by atoms with Crippen LogP contribution in [0.2, 0.25) is 0 Å². The van der Waals surface area contributed by atoms with E-state index in [0.29, 0.717) is 12.0 Å². The Kier molecular flexibility index (Phi) is 4.09. The third kappa shape index (κ3) is 3.02. The van der Waals surface area contributed by atoms with E-state index in [1.165, 1.54) is 12.1 Å². The number of rotatable bonds is 4. The Morgan fingerprint density at radius 1 is 1.27 bits per heavy atom. The van der Waals surface area contributed by atoms with E-state index in [-0.39, 0.29) is 29.3 Å². The quantitative estimate of drug-likeness (QED) is 0.740. The third-order valence-electron chi connectivity index (χ3n) is 4.53. The van der Waals surface area contributed by atoms with Crippen molar-refractivity contribution in [1.29, 1.82) is 0 Å². The fourth-order valence-corrected chi connectivity index (χ4v) is 3.97. The Bertz CT molecular complexity index is 999. The molecule has 0 spiro atoms.